The lowest BCUT2D eigenvalue weighted by atomic mass is 10.1. The Hall–Kier alpha value is -2.10. The summed E-state index contributed by atoms with van der Waals surface area (Å²) < 4.78 is 1.87. The minimum absolute atomic E-state index is 0.239. The standard InChI is InChI=1S/C16H18N2O2/c1-2-11-6-8-12(9-7-11)10-18-14-5-3-4-13(14)15(17-18)16(19)20/h6-9H,2-5,10H2,1H3,(H,19,20). The second kappa shape index (κ2) is 5.12. The number of aryl methyl sites for hydroxylation is 1. The van der Waals surface area contributed by atoms with Crippen LogP contribution in [0.4, 0.5) is 0 Å². The van der Waals surface area contributed by atoms with Gasteiger partial charge in [0.25, 0.3) is 0 Å². The number of fused-ring (bicyclic) bond motifs is 1. The fraction of sp³-hybridized carbons (Fsp3) is 0.375. The van der Waals surface area contributed by atoms with E-state index in [1.54, 1.807) is 0 Å². The van der Waals surface area contributed by atoms with E-state index in [0.29, 0.717) is 6.54 Å². The van der Waals surface area contributed by atoms with Crippen LogP contribution in [0.1, 0.15) is 46.2 Å². The van der Waals surface area contributed by atoms with E-state index < -0.39 is 5.97 Å². The van der Waals surface area contributed by atoms with Crippen LogP contribution < -0.4 is 0 Å². The molecule has 20 heavy (non-hydrogen) atoms. The first-order chi connectivity index (χ1) is 9.69. The predicted molar refractivity (Wildman–Crippen MR) is 76.1 cm³/mol. The molecule has 0 amide bonds. The summed E-state index contributed by atoms with van der Waals surface area (Å²) in [4.78, 5) is 11.2. The molecule has 3 rings (SSSR count). The highest BCUT2D eigenvalue weighted by molar-refractivity contribution is 5.87. The molecule has 104 valence electrons. The van der Waals surface area contributed by atoms with E-state index in [0.717, 1.165) is 42.5 Å². The number of carbonyl (C=O) groups is 1. The van der Waals surface area contributed by atoms with Gasteiger partial charge in [-0.2, -0.15) is 5.10 Å². The van der Waals surface area contributed by atoms with Crippen LogP contribution in [-0.2, 0) is 25.8 Å². The van der Waals surface area contributed by atoms with Crippen molar-refractivity contribution < 1.29 is 9.90 Å². The Kier molecular flexibility index (Phi) is 3.30. The normalized spacial score (nSPS) is 13.4. The van der Waals surface area contributed by atoms with Crippen molar-refractivity contribution in [1.29, 1.82) is 0 Å². The predicted octanol–water partition coefficient (Wildman–Crippen LogP) is 2.68. The summed E-state index contributed by atoms with van der Waals surface area (Å²) in [6, 6.07) is 8.44. The summed E-state index contributed by atoms with van der Waals surface area (Å²) in [6.07, 6.45) is 3.83. The van der Waals surface area contributed by atoms with Crippen LogP contribution in [0, 0.1) is 0 Å². The van der Waals surface area contributed by atoms with E-state index in [4.69, 9.17) is 0 Å². The second-order valence-electron chi connectivity index (χ2n) is 5.26. The van der Waals surface area contributed by atoms with Crippen LogP contribution in [0.2, 0.25) is 0 Å². The zero-order valence-electron chi connectivity index (χ0n) is 11.6. The van der Waals surface area contributed by atoms with Gasteiger partial charge in [0.1, 0.15) is 0 Å². The third-order valence-corrected chi connectivity index (χ3v) is 3.97. The maximum atomic E-state index is 11.2. The Labute approximate surface area is 118 Å². The average molecular weight is 270 g/mol. The van der Waals surface area contributed by atoms with Crippen LogP contribution in [0.5, 0.6) is 0 Å². The lowest BCUT2D eigenvalue weighted by Gasteiger charge is -2.06. The molecule has 1 aliphatic carbocycles. The van der Waals surface area contributed by atoms with Crippen LogP contribution >= 0.6 is 0 Å². The Morgan fingerprint density at radius 1 is 1.25 bits per heavy atom. The fourth-order valence-corrected chi connectivity index (χ4v) is 2.87. The zero-order valence-corrected chi connectivity index (χ0v) is 11.6. The monoisotopic (exact) mass is 270 g/mol. The summed E-state index contributed by atoms with van der Waals surface area (Å²) in [6.45, 7) is 2.79. The van der Waals surface area contributed by atoms with E-state index in [9.17, 15) is 9.90 Å². The molecular formula is C16H18N2O2. The molecular weight excluding hydrogens is 252 g/mol. The number of hydrogen-bond donors (Lipinski definition) is 1. The molecule has 1 heterocycles. The van der Waals surface area contributed by atoms with Gasteiger partial charge < -0.3 is 5.11 Å². The molecule has 2 aromatic rings. The summed E-state index contributed by atoms with van der Waals surface area (Å²) in [5.41, 5.74) is 4.74. The van der Waals surface area contributed by atoms with Crippen molar-refractivity contribution in [2.45, 2.75) is 39.2 Å². The number of hydrogen-bond acceptors (Lipinski definition) is 2. The largest absolute Gasteiger partial charge is 0.476 e. The molecule has 1 aromatic carbocycles. The van der Waals surface area contributed by atoms with E-state index in [1.807, 2.05) is 4.68 Å². The quantitative estimate of drug-likeness (QED) is 0.929. The fourth-order valence-electron chi connectivity index (χ4n) is 2.87. The molecule has 0 atom stereocenters. The number of nitrogens with zero attached hydrogens (tertiary/aromatic N) is 2. The van der Waals surface area contributed by atoms with Gasteiger partial charge in [0, 0.05) is 11.3 Å². The molecule has 4 heteroatoms. The van der Waals surface area contributed by atoms with Crippen molar-refractivity contribution in [2.24, 2.45) is 0 Å². The minimum Gasteiger partial charge on any atom is -0.476 e. The first kappa shape index (κ1) is 12.9. The van der Waals surface area contributed by atoms with Gasteiger partial charge in [-0.25, -0.2) is 4.79 Å². The highest BCUT2D eigenvalue weighted by atomic mass is 16.4. The molecule has 0 saturated carbocycles. The molecule has 0 fully saturated rings. The highest BCUT2D eigenvalue weighted by Gasteiger charge is 2.25. The highest BCUT2D eigenvalue weighted by Crippen LogP contribution is 2.26. The molecule has 0 unspecified atom stereocenters. The van der Waals surface area contributed by atoms with Gasteiger partial charge in [-0.15, -0.1) is 0 Å². The Balaban J connectivity index is 1.90. The third-order valence-electron chi connectivity index (χ3n) is 3.97. The molecule has 1 aromatic heterocycles. The van der Waals surface area contributed by atoms with Crippen molar-refractivity contribution in [3.63, 3.8) is 0 Å². The van der Waals surface area contributed by atoms with Crippen LogP contribution in [0.15, 0.2) is 24.3 Å². The SMILES string of the molecule is CCc1ccc(Cn2nc(C(=O)O)c3c2CCC3)cc1. The van der Waals surface area contributed by atoms with Crippen molar-refractivity contribution in [2.75, 3.05) is 0 Å². The van der Waals surface area contributed by atoms with Crippen LogP contribution in [-0.4, -0.2) is 20.9 Å². The molecule has 1 aliphatic rings. The third kappa shape index (κ3) is 2.22. The van der Waals surface area contributed by atoms with Crippen LogP contribution in [0.25, 0.3) is 0 Å². The summed E-state index contributed by atoms with van der Waals surface area (Å²) in [5, 5.41) is 13.5. The Bertz CT molecular complexity index is 641. The molecule has 0 spiro atoms. The van der Waals surface area contributed by atoms with Gasteiger partial charge in [0.05, 0.1) is 6.54 Å². The lowest BCUT2D eigenvalue weighted by molar-refractivity contribution is 0.0688. The lowest BCUT2D eigenvalue weighted by Crippen LogP contribution is -2.07. The number of aromatic nitrogens is 2. The van der Waals surface area contributed by atoms with Crippen LogP contribution in [0.3, 0.4) is 0 Å². The van der Waals surface area contributed by atoms with E-state index >= 15 is 0 Å². The van der Waals surface area contributed by atoms with Gasteiger partial charge in [0.15, 0.2) is 5.69 Å². The maximum absolute atomic E-state index is 11.2. The van der Waals surface area contributed by atoms with Gasteiger partial charge in [0.2, 0.25) is 0 Å². The van der Waals surface area contributed by atoms with Crippen molar-refractivity contribution in [3.05, 3.63) is 52.3 Å². The number of carboxylic acids is 1. The zero-order chi connectivity index (χ0) is 14.1. The van der Waals surface area contributed by atoms with E-state index in [2.05, 4.69) is 36.3 Å². The molecule has 0 saturated heterocycles. The smallest absolute Gasteiger partial charge is 0.356 e. The number of rotatable bonds is 4. The Morgan fingerprint density at radius 2 is 1.95 bits per heavy atom. The van der Waals surface area contributed by atoms with E-state index in [1.165, 1.54) is 5.56 Å². The van der Waals surface area contributed by atoms with Crippen molar-refractivity contribution >= 4 is 5.97 Å². The maximum Gasteiger partial charge on any atom is 0.356 e. The second-order valence-corrected chi connectivity index (χ2v) is 5.26. The minimum atomic E-state index is -0.914. The topological polar surface area (TPSA) is 55.1 Å². The molecule has 0 radical (unpaired) electrons. The molecule has 1 N–H and O–H groups in total. The number of carboxylic acid groups (broad SMARTS) is 1. The first-order valence-electron chi connectivity index (χ1n) is 7.08. The van der Waals surface area contributed by atoms with Gasteiger partial charge in [-0.1, -0.05) is 31.2 Å². The Morgan fingerprint density at radius 3 is 2.60 bits per heavy atom. The first-order valence-corrected chi connectivity index (χ1v) is 7.08. The van der Waals surface area contributed by atoms with Gasteiger partial charge in [-0.3, -0.25) is 4.68 Å². The van der Waals surface area contributed by atoms with Gasteiger partial charge >= 0.3 is 5.97 Å². The molecule has 0 aliphatic heterocycles. The molecule has 4 nitrogen and oxygen atoms in total. The van der Waals surface area contributed by atoms with Gasteiger partial charge in [-0.05, 0) is 36.8 Å². The average Bonchev–Trinajstić information content (AvgIpc) is 3.03. The summed E-state index contributed by atoms with van der Waals surface area (Å²) in [5.74, 6) is -0.914. The van der Waals surface area contributed by atoms with Crippen molar-refractivity contribution in [3.8, 4) is 0 Å². The number of benzene rings is 1. The summed E-state index contributed by atoms with van der Waals surface area (Å²) in [7, 11) is 0. The summed E-state index contributed by atoms with van der Waals surface area (Å²) >= 11 is 0. The molecule has 0 bridgehead atoms. The number of aromatic carboxylic acids is 1. The van der Waals surface area contributed by atoms with E-state index in [-0.39, 0.29) is 5.69 Å². The van der Waals surface area contributed by atoms with Crippen molar-refractivity contribution in [1.82, 2.24) is 9.78 Å².